The molecule has 4 atom stereocenters. The Bertz CT molecular complexity index is 1030. The van der Waals surface area contributed by atoms with Gasteiger partial charge in [-0.15, -0.1) is 0 Å². The zero-order valence-electron chi connectivity index (χ0n) is 20.4. The molecule has 2 amide bonds. The molecular formula is C28H34N2O4. The first kappa shape index (κ1) is 23.9. The van der Waals surface area contributed by atoms with E-state index in [0.29, 0.717) is 6.54 Å². The van der Waals surface area contributed by atoms with Crippen molar-refractivity contribution in [2.24, 2.45) is 11.3 Å². The second-order valence-corrected chi connectivity index (χ2v) is 10.5. The number of ether oxygens (including phenoxy) is 2. The monoisotopic (exact) mass is 462 g/mol. The molecule has 6 heteroatoms. The Kier molecular flexibility index (Phi) is 6.69. The summed E-state index contributed by atoms with van der Waals surface area (Å²) >= 11 is 0. The van der Waals surface area contributed by atoms with Gasteiger partial charge in [-0.1, -0.05) is 79.7 Å². The quantitative estimate of drug-likeness (QED) is 0.561. The molecule has 1 N–H and O–H groups in total. The number of carbonyl (C=O) groups excluding carboxylic acids is 2. The molecule has 1 saturated carbocycles. The Balaban J connectivity index is 1.59. The number of nitrogens with zero attached hydrogens (tertiary/aromatic N) is 1. The fourth-order valence-corrected chi connectivity index (χ4v) is 5.06. The van der Waals surface area contributed by atoms with Gasteiger partial charge >= 0.3 is 12.2 Å². The molecule has 180 valence electrons. The number of alkyl carbamates (subject to hydrolysis) is 1. The lowest BCUT2D eigenvalue weighted by molar-refractivity contribution is 0.0367. The van der Waals surface area contributed by atoms with Crippen LogP contribution >= 0.6 is 0 Å². The molecule has 2 aromatic carbocycles. The maximum atomic E-state index is 13.5. The second-order valence-electron chi connectivity index (χ2n) is 10.5. The highest BCUT2D eigenvalue weighted by Gasteiger charge is 2.56. The molecule has 2 aromatic rings. The topological polar surface area (TPSA) is 67.9 Å². The summed E-state index contributed by atoms with van der Waals surface area (Å²) in [5, 5.41) is 3.09. The highest BCUT2D eigenvalue weighted by molar-refractivity contribution is 5.71. The molecule has 0 aliphatic heterocycles. The molecule has 0 saturated heterocycles. The van der Waals surface area contributed by atoms with E-state index in [4.69, 9.17) is 9.47 Å². The number of fused-ring (bicyclic) bond motifs is 2. The van der Waals surface area contributed by atoms with Gasteiger partial charge in [0.1, 0.15) is 12.2 Å². The summed E-state index contributed by atoms with van der Waals surface area (Å²) in [7, 11) is 0. The summed E-state index contributed by atoms with van der Waals surface area (Å²) in [6.07, 6.45) is 4.32. The molecule has 0 radical (unpaired) electrons. The fourth-order valence-electron chi connectivity index (χ4n) is 5.06. The summed E-state index contributed by atoms with van der Waals surface area (Å²) in [6.45, 7) is 8.24. The second kappa shape index (κ2) is 9.53. The Morgan fingerprint density at radius 1 is 1.03 bits per heavy atom. The predicted molar refractivity (Wildman–Crippen MR) is 131 cm³/mol. The van der Waals surface area contributed by atoms with Crippen LogP contribution in [0.3, 0.4) is 0 Å². The minimum Gasteiger partial charge on any atom is -0.445 e. The summed E-state index contributed by atoms with van der Waals surface area (Å²) in [5.74, 6) is 0.123. The van der Waals surface area contributed by atoms with Gasteiger partial charge in [-0.2, -0.15) is 0 Å². The summed E-state index contributed by atoms with van der Waals surface area (Å²) in [6, 6.07) is 19.0. The molecule has 4 rings (SSSR count). The largest absolute Gasteiger partial charge is 0.445 e. The van der Waals surface area contributed by atoms with Gasteiger partial charge in [0.05, 0.1) is 12.1 Å². The summed E-state index contributed by atoms with van der Waals surface area (Å²) in [4.78, 5) is 28.0. The van der Waals surface area contributed by atoms with Crippen molar-refractivity contribution in [1.29, 1.82) is 0 Å². The Morgan fingerprint density at radius 2 is 1.65 bits per heavy atom. The van der Waals surface area contributed by atoms with Crippen LogP contribution in [0, 0.1) is 11.3 Å². The van der Waals surface area contributed by atoms with Crippen molar-refractivity contribution in [1.82, 2.24) is 10.2 Å². The van der Waals surface area contributed by atoms with Crippen LogP contribution in [0.1, 0.15) is 45.2 Å². The van der Waals surface area contributed by atoms with Gasteiger partial charge in [0, 0.05) is 17.9 Å². The van der Waals surface area contributed by atoms with Crippen molar-refractivity contribution < 1.29 is 19.1 Å². The van der Waals surface area contributed by atoms with Gasteiger partial charge in [0.25, 0.3) is 0 Å². The maximum absolute atomic E-state index is 13.5. The van der Waals surface area contributed by atoms with Crippen LogP contribution in [0.15, 0.2) is 72.8 Å². The smallest absolute Gasteiger partial charge is 0.410 e. The SMILES string of the molecule is CC(C)(C)OC(=O)N[C@H]1[C@H](N(Cc2ccccc2)C(=O)OCc2ccccc2)C2C=CC1(C)C2. The minimum atomic E-state index is -0.605. The van der Waals surface area contributed by atoms with Crippen LogP contribution in [0.2, 0.25) is 0 Å². The molecule has 1 fully saturated rings. The molecular weight excluding hydrogens is 428 g/mol. The van der Waals surface area contributed by atoms with Crippen molar-refractivity contribution in [3.05, 3.63) is 83.9 Å². The van der Waals surface area contributed by atoms with E-state index in [1.54, 1.807) is 4.90 Å². The lowest BCUT2D eigenvalue weighted by Crippen LogP contribution is -2.58. The Hall–Kier alpha value is -3.28. The van der Waals surface area contributed by atoms with Crippen molar-refractivity contribution in [2.75, 3.05) is 0 Å². The lowest BCUT2D eigenvalue weighted by Gasteiger charge is -2.40. The van der Waals surface area contributed by atoms with Gasteiger partial charge < -0.3 is 14.8 Å². The molecule has 2 unspecified atom stereocenters. The van der Waals surface area contributed by atoms with E-state index in [0.717, 1.165) is 17.5 Å². The highest BCUT2D eigenvalue weighted by Crippen LogP contribution is 2.51. The van der Waals surface area contributed by atoms with Gasteiger partial charge in [-0.05, 0) is 38.3 Å². The normalized spacial score (nSPS) is 25.1. The standard InChI is InChI=1S/C28H34N2O4/c1-27(2,3)34-25(31)29-24-23(22-15-16-28(24,4)17-22)30(18-20-11-7-5-8-12-20)26(32)33-19-21-13-9-6-10-14-21/h5-16,22-24H,17-19H2,1-4H3,(H,29,31)/t22?,23-,24+,28?/m1/s1. The average molecular weight is 463 g/mol. The number of benzene rings is 2. The van der Waals surface area contributed by atoms with Crippen LogP contribution in [0.5, 0.6) is 0 Å². The third-order valence-corrected chi connectivity index (χ3v) is 6.56. The number of rotatable bonds is 6. The molecule has 0 heterocycles. The molecule has 34 heavy (non-hydrogen) atoms. The van der Waals surface area contributed by atoms with Crippen LogP contribution < -0.4 is 5.32 Å². The Morgan fingerprint density at radius 3 is 2.26 bits per heavy atom. The van der Waals surface area contributed by atoms with E-state index in [1.165, 1.54) is 0 Å². The van der Waals surface area contributed by atoms with Gasteiger partial charge in [-0.3, -0.25) is 4.90 Å². The number of hydrogen-bond donors (Lipinski definition) is 1. The van der Waals surface area contributed by atoms with Gasteiger partial charge in [0.2, 0.25) is 0 Å². The average Bonchev–Trinajstić information content (AvgIpc) is 3.30. The van der Waals surface area contributed by atoms with Gasteiger partial charge in [-0.25, -0.2) is 9.59 Å². The fraction of sp³-hybridized carbons (Fsp3) is 0.429. The van der Waals surface area contributed by atoms with E-state index < -0.39 is 17.8 Å². The minimum absolute atomic E-state index is 0.123. The molecule has 0 spiro atoms. The first-order valence-electron chi connectivity index (χ1n) is 11.8. The van der Waals surface area contributed by atoms with Crippen LogP contribution in [0.25, 0.3) is 0 Å². The van der Waals surface area contributed by atoms with Crippen molar-refractivity contribution in [3.63, 3.8) is 0 Å². The van der Waals surface area contributed by atoms with E-state index in [-0.39, 0.29) is 30.0 Å². The Labute approximate surface area is 201 Å². The highest BCUT2D eigenvalue weighted by atomic mass is 16.6. The van der Waals surface area contributed by atoms with Crippen molar-refractivity contribution in [3.8, 4) is 0 Å². The van der Waals surface area contributed by atoms with Crippen molar-refractivity contribution in [2.45, 2.75) is 65.0 Å². The van der Waals surface area contributed by atoms with Crippen LogP contribution in [0.4, 0.5) is 9.59 Å². The number of nitrogens with one attached hydrogen (secondary N) is 1. The predicted octanol–water partition coefficient (Wildman–Crippen LogP) is 5.68. The summed E-state index contributed by atoms with van der Waals surface area (Å²) < 4.78 is 11.3. The first-order chi connectivity index (χ1) is 16.1. The number of carbonyl (C=O) groups is 2. The molecule has 2 bridgehead atoms. The van der Waals surface area contributed by atoms with Gasteiger partial charge in [0.15, 0.2) is 0 Å². The van der Waals surface area contributed by atoms with E-state index in [9.17, 15) is 9.59 Å². The van der Waals surface area contributed by atoms with Crippen LogP contribution in [-0.4, -0.2) is 34.8 Å². The third kappa shape index (κ3) is 5.44. The molecule has 0 aromatic heterocycles. The summed E-state index contributed by atoms with van der Waals surface area (Å²) in [5.41, 5.74) is 1.07. The van der Waals surface area contributed by atoms with E-state index in [1.807, 2.05) is 81.4 Å². The van der Waals surface area contributed by atoms with E-state index >= 15 is 0 Å². The molecule has 2 aliphatic rings. The van der Waals surface area contributed by atoms with Crippen LogP contribution in [-0.2, 0) is 22.6 Å². The zero-order valence-corrected chi connectivity index (χ0v) is 20.4. The lowest BCUT2D eigenvalue weighted by atomic mass is 9.83. The molecule has 6 nitrogen and oxygen atoms in total. The third-order valence-electron chi connectivity index (χ3n) is 6.56. The zero-order chi connectivity index (χ0) is 24.3. The maximum Gasteiger partial charge on any atom is 0.410 e. The molecule has 2 aliphatic carbocycles. The number of hydrogen-bond acceptors (Lipinski definition) is 4. The van der Waals surface area contributed by atoms with E-state index in [2.05, 4.69) is 24.4 Å². The van der Waals surface area contributed by atoms with Crippen molar-refractivity contribution >= 4 is 12.2 Å². The first-order valence-corrected chi connectivity index (χ1v) is 11.8. The number of amides is 2.